The lowest BCUT2D eigenvalue weighted by Crippen LogP contribution is -2.38. The van der Waals surface area contributed by atoms with Gasteiger partial charge in [0.2, 0.25) is 11.8 Å². The van der Waals surface area contributed by atoms with Crippen LogP contribution < -0.4 is 10.1 Å². The van der Waals surface area contributed by atoms with E-state index in [1.807, 2.05) is 10.9 Å². The Morgan fingerprint density at radius 2 is 2.17 bits per heavy atom. The summed E-state index contributed by atoms with van der Waals surface area (Å²) >= 11 is 0. The topological polar surface area (TPSA) is 68.1 Å². The molecule has 7 nitrogen and oxygen atoms in total. The molecule has 0 bridgehead atoms. The molecular formula is C16H24N6O. The first kappa shape index (κ1) is 15.7. The van der Waals surface area contributed by atoms with Crippen LogP contribution in [0.3, 0.4) is 0 Å². The highest BCUT2D eigenvalue weighted by Crippen LogP contribution is 2.17. The van der Waals surface area contributed by atoms with Crippen molar-refractivity contribution in [2.24, 2.45) is 0 Å². The van der Waals surface area contributed by atoms with E-state index in [1.54, 1.807) is 19.4 Å². The van der Waals surface area contributed by atoms with E-state index in [1.165, 1.54) is 5.56 Å². The Kier molecular flexibility index (Phi) is 5.07. The van der Waals surface area contributed by atoms with Crippen LogP contribution in [0.4, 0.5) is 5.95 Å². The molecule has 1 saturated heterocycles. The maximum absolute atomic E-state index is 5.13. The average Bonchev–Trinajstić information content (AvgIpc) is 3.04. The van der Waals surface area contributed by atoms with Crippen LogP contribution in [0.1, 0.15) is 25.3 Å². The summed E-state index contributed by atoms with van der Waals surface area (Å²) in [5.41, 5.74) is 1.29. The molecule has 124 valence electrons. The van der Waals surface area contributed by atoms with Crippen molar-refractivity contribution < 1.29 is 4.74 Å². The Morgan fingerprint density at radius 1 is 1.35 bits per heavy atom. The van der Waals surface area contributed by atoms with Crippen molar-refractivity contribution in [1.82, 2.24) is 24.6 Å². The second-order valence-corrected chi connectivity index (χ2v) is 5.82. The van der Waals surface area contributed by atoms with E-state index in [2.05, 4.69) is 38.4 Å². The molecule has 1 aliphatic rings. The number of anilines is 1. The van der Waals surface area contributed by atoms with Crippen LogP contribution in [0.2, 0.25) is 0 Å². The zero-order valence-corrected chi connectivity index (χ0v) is 13.8. The number of nitrogens with zero attached hydrogens (tertiary/aromatic N) is 5. The number of likely N-dealkylation sites (tertiary alicyclic amines) is 1. The van der Waals surface area contributed by atoms with E-state index >= 15 is 0 Å². The van der Waals surface area contributed by atoms with E-state index in [9.17, 15) is 0 Å². The molecule has 2 aromatic heterocycles. The fourth-order valence-corrected chi connectivity index (χ4v) is 2.86. The summed E-state index contributed by atoms with van der Waals surface area (Å²) in [6, 6.07) is 2.17. The second kappa shape index (κ2) is 7.41. The van der Waals surface area contributed by atoms with E-state index in [4.69, 9.17) is 4.74 Å². The minimum Gasteiger partial charge on any atom is -0.481 e. The maximum Gasteiger partial charge on any atom is 0.226 e. The standard InChI is InChI=1S/C16H24N6O/c1-3-22-12-13(10-18-22)11-21-8-5-14(6-9-21)19-16-17-7-4-15(20-16)23-2/h4,7,10,12,14H,3,5-6,8-9,11H2,1-2H3,(H,17,19,20). The molecule has 2 aromatic rings. The SMILES string of the molecule is CCn1cc(CN2CCC(Nc3nccc(OC)n3)CC2)cn1. The van der Waals surface area contributed by atoms with Gasteiger partial charge in [-0.05, 0) is 19.8 Å². The molecule has 0 unspecified atom stereocenters. The normalized spacial score (nSPS) is 16.4. The van der Waals surface area contributed by atoms with Gasteiger partial charge in [-0.25, -0.2) is 4.98 Å². The molecule has 0 aliphatic carbocycles. The van der Waals surface area contributed by atoms with Crippen LogP contribution in [0.25, 0.3) is 0 Å². The predicted octanol–water partition coefficient (Wildman–Crippen LogP) is 1.78. The lowest BCUT2D eigenvalue weighted by molar-refractivity contribution is 0.211. The number of aryl methyl sites for hydroxylation is 1. The third-order valence-corrected chi connectivity index (χ3v) is 4.18. The van der Waals surface area contributed by atoms with Crippen LogP contribution in [0.5, 0.6) is 5.88 Å². The fraction of sp³-hybridized carbons (Fsp3) is 0.562. The zero-order valence-electron chi connectivity index (χ0n) is 13.8. The van der Waals surface area contributed by atoms with Gasteiger partial charge in [-0.15, -0.1) is 0 Å². The van der Waals surface area contributed by atoms with Gasteiger partial charge in [-0.1, -0.05) is 0 Å². The number of hydrogen-bond acceptors (Lipinski definition) is 6. The summed E-state index contributed by atoms with van der Waals surface area (Å²) in [5, 5.41) is 7.74. The summed E-state index contributed by atoms with van der Waals surface area (Å²) < 4.78 is 7.11. The summed E-state index contributed by atoms with van der Waals surface area (Å²) in [6.45, 7) is 6.14. The number of methoxy groups -OCH3 is 1. The van der Waals surface area contributed by atoms with Gasteiger partial charge < -0.3 is 10.1 Å². The van der Waals surface area contributed by atoms with Gasteiger partial charge in [0, 0.05) is 56.2 Å². The Morgan fingerprint density at radius 3 is 2.87 bits per heavy atom. The van der Waals surface area contributed by atoms with Gasteiger partial charge in [0.05, 0.1) is 13.3 Å². The Bertz CT molecular complexity index is 621. The summed E-state index contributed by atoms with van der Waals surface area (Å²) in [7, 11) is 1.62. The molecule has 23 heavy (non-hydrogen) atoms. The van der Waals surface area contributed by atoms with E-state index < -0.39 is 0 Å². The van der Waals surface area contributed by atoms with Crippen LogP contribution in [-0.4, -0.2) is 50.9 Å². The third-order valence-electron chi connectivity index (χ3n) is 4.18. The predicted molar refractivity (Wildman–Crippen MR) is 88.4 cm³/mol. The summed E-state index contributed by atoms with van der Waals surface area (Å²) in [6.07, 6.45) is 7.99. The molecule has 7 heteroatoms. The number of hydrogen-bond donors (Lipinski definition) is 1. The minimum absolute atomic E-state index is 0.414. The van der Waals surface area contributed by atoms with Gasteiger partial charge in [0.25, 0.3) is 0 Å². The summed E-state index contributed by atoms with van der Waals surface area (Å²) in [4.78, 5) is 11.0. The first-order valence-corrected chi connectivity index (χ1v) is 8.14. The molecule has 0 radical (unpaired) electrons. The smallest absolute Gasteiger partial charge is 0.226 e. The maximum atomic E-state index is 5.13. The van der Waals surface area contributed by atoms with Gasteiger partial charge in [-0.3, -0.25) is 9.58 Å². The van der Waals surface area contributed by atoms with Crippen LogP contribution in [0.15, 0.2) is 24.7 Å². The van der Waals surface area contributed by atoms with Crippen molar-refractivity contribution in [3.05, 3.63) is 30.2 Å². The Labute approximate surface area is 136 Å². The third kappa shape index (κ3) is 4.19. The largest absolute Gasteiger partial charge is 0.481 e. The van der Waals surface area contributed by atoms with Gasteiger partial charge in [0.15, 0.2) is 0 Å². The first-order valence-electron chi connectivity index (χ1n) is 8.14. The van der Waals surface area contributed by atoms with Crippen molar-refractivity contribution in [2.45, 2.75) is 38.9 Å². The zero-order chi connectivity index (χ0) is 16.1. The molecule has 3 heterocycles. The molecular weight excluding hydrogens is 292 g/mol. The van der Waals surface area contributed by atoms with Crippen LogP contribution in [0, 0.1) is 0 Å². The van der Waals surface area contributed by atoms with Crippen molar-refractivity contribution >= 4 is 5.95 Å². The molecule has 0 aromatic carbocycles. The van der Waals surface area contributed by atoms with Crippen molar-refractivity contribution in [1.29, 1.82) is 0 Å². The van der Waals surface area contributed by atoms with Crippen molar-refractivity contribution in [3.63, 3.8) is 0 Å². The van der Waals surface area contributed by atoms with E-state index in [0.717, 1.165) is 39.0 Å². The van der Waals surface area contributed by atoms with Crippen LogP contribution >= 0.6 is 0 Å². The van der Waals surface area contributed by atoms with Gasteiger partial charge >= 0.3 is 0 Å². The van der Waals surface area contributed by atoms with Gasteiger partial charge in [0.1, 0.15) is 0 Å². The van der Waals surface area contributed by atoms with Crippen molar-refractivity contribution in [2.75, 3.05) is 25.5 Å². The van der Waals surface area contributed by atoms with Crippen molar-refractivity contribution in [3.8, 4) is 5.88 Å². The molecule has 1 N–H and O–H groups in total. The molecule has 1 aliphatic heterocycles. The molecule has 1 fully saturated rings. The number of rotatable bonds is 6. The molecule has 0 saturated carbocycles. The van der Waals surface area contributed by atoms with Gasteiger partial charge in [-0.2, -0.15) is 10.1 Å². The quantitative estimate of drug-likeness (QED) is 0.876. The summed E-state index contributed by atoms with van der Waals surface area (Å²) in [5.74, 6) is 1.24. The number of ether oxygens (including phenoxy) is 1. The Balaban J connectivity index is 1.48. The highest BCUT2D eigenvalue weighted by atomic mass is 16.5. The number of nitrogens with one attached hydrogen (secondary N) is 1. The molecule has 3 rings (SSSR count). The average molecular weight is 316 g/mol. The Hall–Kier alpha value is -2.15. The molecule has 0 amide bonds. The number of aromatic nitrogens is 4. The van der Waals surface area contributed by atoms with Crippen LogP contribution in [-0.2, 0) is 13.1 Å². The minimum atomic E-state index is 0.414. The van der Waals surface area contributed by atoms with E-state index in [0.29, 0.717) is 17.9 Å². The fourth-order valence-electron chi connectivity index (χ4n) is 2.86. The highest BCUT2D eigenvalue weighted by Gasteiger charge is 2.20. The number of piperidine rings is 1. The molecule has 0 atom stereocenters. The second-order valence-electron chi connectivity index (χ2n) is 5.82. The lowest BCUT2D eigenvalue weighted by Gasteiger charge is -2.32. The highest BCUT2D eigenvalue weighted by molar-refractivity contribution is 5.29. The van der Waals surface area contributed by atoms with E-state index in [-0.39, 0.29) is 0 Å². The first-order chi connectivity index (χ1) is 11.3. The monoisotopic (exact) mass is 316 g/mol. The lowest BCUT2D eigenvalue weighted by atomic mass is 10.0. The molecule has 0 spiro atoms.